The van der Waals surface area contributed by atoms with E-state index in [4.69, 9.17) is 4.42 Å². The SMILES string of the molecule is CNCCCCSc1nc2ccccc2o1. The Bertz CT molecular complexity index is 408. The maximum atomic E-state index is 5.61. The van der Waals surface area contributed by atoms with Gasteiger partial charge < -0.3 is 9.73 Å². The van der Waals surface area contributed by atoms with Gasteiger partial charge in [-0.1, -0.05) is 23.9 Å². The van der Waals surface area contributed by atoms with Crippen molar-refractivity contribution >= 4 is 22.9 Å². The van der Waals surface area contributed by atoms with Crippen LogP contribution < -0.4 is 5.32 Å². The molecule has 1 aromatic heterocycles. The number of oxazole rings is 1. The molecule has 0 saturated carbocycles. The molecule has 16 heavy (non-hydrogen) atoms. The van der Waals surface area contributed by atoms with Gasteiger partial charge in [0.2, 0.25) is 0 Å². The molecule has 0 aliphatic heterocycles. The van der Waals surface area contributed by atoms with Crippen LogP contribution in [0.25, 0.3) is 11.1 Å². The second kappa shape index (κ2) is 5.92. The summed E-state index contributed by atoms with van der Waals surface area (Å²) < 4.78 is 5.61. The third-order valence-corrected chi connectivity index (χ3v) is 3.24. The van der Waals surface area contributed by atoms with Crippen molar-refractivity contribution in [3.63, 3.8) is 0 Å². The van der Waals surface area contributed by atoms with Crippen LogP contribution in [0.3, 0.4) is 0 Å². The number of benzene rings is 1. The third-order valence-electron chi connectivity index (χ3n) is 2.32. The van der Waals surface area contributed by atoms with E-state index in [9.17, 15) is 0 Å². The summed E-state index contributed by atoms with van der Waals surface area (Å²) >= 11 is 1.69. The van der Waals surface area contributed by atoms with E-state index in [1.165, 1.54) is 12.8 Å². The lowest BCUT2D eigenvalue weighted by Crippen LogP contribution is -2.07. The van der Waals surface area contributed by atoms with Crippen LogP contribution in [0.5, 0.6) is 0 Å². The number of hydrogen-bond donors (Lipinski definition) is 1. The molecule has 0 spiro atoms. The zero-order chi connectivity index (χ0) is 11.2. The van der Waals surface area contributed by atoms with Crippen LogP contribution in [0.2, 0.25) is 0 Å². The van der Waals surface area contributed by atoms with Crippen LogP contribution in [0.4, 0.5) is 0 Å². The van der Waals surface area contributed by atoms with Crippen LogP contribution in [0.15, 0.2) is 33.9 Å². The fraction of sp³-hybridized carbons (Fsp3) is 0.417. The first-order valence-corrected chi connectivity index (χ1v) is 6.51. The molecular weight excluding hydrogens is 220 g/mol. The van der Waals surface area contributed by atoms with Crippen molar-refractivity contribution in [3.05, 3.63) is 24.3 Å². The Kier molecular flexibility index (Phi) is 4.25. The van der Waals surface area contributed by atoms with Gasteiger partial charge in [0.15, 0.2) is 5.58 Å². The average Bonchev–Trinajstić information content (AvgIpc) is 2.71. The second-order valence-electron chi connectivity index (χ2n) is 3.61. The number of thioether (sulfide) groups is 1. The van der Waals surface area contributed by atoms with Gasteiger partial charge in [-0.3, -0.25) is 0 Å². The van der Waals surface area contributed by atoms with Gasteiger partial charge in [0.1, 0.15) is 5.52 Å². The zero-order valence-electron chi connectivity index (χ0n) is 9.40. The summed E-state index contributed by atoms with van der Waals surface area (Å²) in [6.07, 6.45) is 2.38. The highest BCUT2D eigenvalue weighted by Gasteiger charge is 2.04. The maximum absolute atomic E-state index is 5.61. The summed E-state index contributed by atoms with van der Waals surface area (Å²) in [6, 6.07) is 7.87. The summed E-state index contributed by atoms with van der Waals surface area (Å²) in [5, 5.41) is 3.92. The minimum absolute atomic E-state index is 0.783. The van der Waals surface area contributed by atoms with Crippen molar-refractivity contribution in [1.29, 1.82) is 0 Å². The standard InChI is InChI=1S/C12H16N2OS/c1-13-8-4-5-9-16-12-14-10-6-2-3-7-11(10)15-12/h2-3,6-7,13H,4-5,8-9H2,1H3. The van der Waals surface area contributed by atoms with E-state index in [0.717, 1.165) is 28.6 Å². The van der Waals surface area contributed by atoms with Crippen LogP contribution in [0.1, 0.15) is 12.8 Å². The number of hydrogen-bond acceptors (Lipinski definition) is 4. The first-order valence-electron chi connectivity index (χ1n) is 5.53. The second-order valence-corrected chi connectivity index (χ2v) is 4.65. The van der Waals surface area contributed by atoms with Crippen LogP contribution in [-0.2, 0) is 0 Å². The average molecular weight is 236 g/mol. The van der Waals surface area contributed by atoms with E-state index < -0.39 is 0 Å². The summed E-state index contributed by atoms with van der Waals surface area (Å²) in [5.41, 5.74) is 1.82. The molecule has 1 N–H and O–H groups in total. The molecule has 2 aromatic rings. The third kappa shape index (κ3) is 3.00. The molecule has 86 valence electrons. The number of nitrogens with zero attached hydrogens (tertiary/aromatic N) is 1. The molecule has 1 aromatic carbocycles. The number of nitrogens with one attached hydrogen (secondary N) is 1. The number of rotatable bonds is 6. The lowest BCUT2D eigenvalue weighted by atomic mass is 10.3. The van der Waals surface area contributed by atoms with Crippen molar-refractivity contribution in [2.24, 2.45) is 0 Å². The molecule has 2 rings (SSSR count). The molecule has 0 aliphatic carbocycles. The summed E-state index contributed by atoms with van der Waals surface area (Å²) in [7, 11) is 1.98. The van der Waals surface area contributed by atoms with E-state index >= 15 is 0 Å². The van der Waals surface area contributed by atoms with Gasteiger partial charge in [-0.25, -0.2) is 4.98 Å². The largest absolute Gasteiger partial charge is 0.431 e. The van der Waals surface area contributed by atoms with Crippen molar-refractivity contribution in [2.75, 3.05) is 19.3 Å². The normalized spacial score (nSPS) is 11.1. The Morgan fingerprint density at radius 2 is 2.19 bits per heavy atom. The van der Waals surface area contributed by atoms with E-state index in [0.29, 0.717) is 0 Å². The Morgan fingerprint density at radius 3 is 3.00 bits per heavy atom. The fourth-order valence-electron chi connectivity index (χ4n) is 1.48. The molecule has 0 amide bonds. The van der Waals surface area contributed by atoms with Gasteiger partial charge >= 0.3 is 0 Å². The van der Waals surface area contributed by atoms with E-state index in [1.54, 1.807) is 11.8 Å². The van der Waals surface area contributed by atoms with Crippen LogP contribution in [-0.4, -0.2) is 24.3 Å². The first kappa shape index (κ1) is 11.5. The summed E-state index contributed by atoms with van der Waals surface area (Å²) in [5.74, 6) is 1.06. The highest BCUT2D eigenvalue weighted by Crippen LogP contribution is 2.23. The molecule has 0 bridgehead atoms. The highest BCUT2D eigenvalue weighted by molar-refractivity contribution is 7.99. The van der Waals surface area contributed by atoms with Gasteiger partial charge in [0.05, 0.1) is 0 Å². The van der Waals surface area contributed by atoms with Crippen LogP contribution >= 0.6 is 11.8 Å². The Hall–Kier alpha value is -1.00. The molecular formula is C12H16N2OS. The van der Waals surface area contributed by atoms with Crippen LogP contribution in [0, 0.1) is 0 Å². The minimum Gasteiger partial charge on any atom is -0.431 e. The smallest absolute Gasteiger partial charge is 0.256 e. The quantitative estimate of drug-likeness (QED) is 0.618. The monoisotopic (exact) mass is 236 g/mol. The molecule has 0 unspecified atom stereocenters. The van der Waals surface area contributed by atoms with E-state index in [2.05, 4.69) is 10.3 Å². The van der Waals surface area contributed by atoms with E-state index in [-0.39, 0.29) is 0 Å². The molecule has 0 radical (unpaired) electrons. The molecule has 4 heteroatoms. The van der Waals surface area contributed by atoms with Crippen molar-refractivity contribution in [2.45, 2.75) is 18.1 Å². The lowest BCUT2D eigenvalue weighted by Gasteiger charge is -1.97. The number of fused-ring (bicyclic) bond motifs is 1. The predicted molar refractivity (Wildman–Crippen MR) is 67.9 cm³/mol. The summed E-state index contributed by atoms with van der Waals surface area (Å²) in [4.78, 5) is 4.41. The number of para-hydroxylation sites is 2. The Morgan fingerprint density at radius 1 is 1.31 bits per heavy atom. The molecule has 1 heterocycles. The van der Waals surface area contributed by atoms with Gasteiger partial charge in [0.25, 0.3) is 5.22 Å². The first-order chi connectivity index (χ1) is 7.90. The minimum atomic E-state index is 0.783. The van der Waals surface area contributed by atoms with Gasteiger partial charge in [0, 0.05) is 5.75 Å². The number of aromatic nitrogens is 1. The van der Waals surface area contributed by atoms with E-state index in [1.807, 2.05) is 31.3 Å². The van der Waals surface area contributed by atoms with Gasteiger partial charge in [-0.05, 0) is 38.6 Å². The van der Waals surface area contributed by atoms with Crippen molar-refractivity contribution < 1.29 is 4.42 Å². The molecule has 0 fully saturated rings. The number of unbranched alkanes of at least 4 members (excludes halogenated alkanes) is 1. The lowest BCUT2D eigenvalue weighted by molar-refractivity contribution is 0.489. The Balaban J connectivity index is 1.85. The molecule has 0 atom stereocenters. The van der Waals surface area contributed by atoms with Gasteiger partial charge in [-0.2, -0.15) is 0 Å². The Labute approximate surface area is 99.6 Å². The highest BCUT2D eigenvalue weighted by atomic mass is 32.2. The van der Waals surface area contributed by atoms with Gasteiger partial charge in [-0.15, -0.1) is 0 Å². The topological polar surface area (TPSA) is 38.1 Å². The molecule has 0 aliphatic rings. The van der Waals surface area contributed by atoms with Crippen molar-refractivity contribution in [3.8, 4) is 0 Å². The zero-order valence-corrected chi connectivity index (χ0v) is 10.2. The summed E-state index contributed by atoms with van der Waals surface area (Å²) in [6.45, 7) is 1.08. The van der Waals surface area contributed by atoms with Crippen molar-refractivity contribution in [1.82, 2.24) is 10.3 Å². The predicted octanol–water partition coefficient (Wildman–Crippen LogP) is 2.92. The molecule has 3 nitrogen and oxygen atoms in total. The maximum Gasteiger partial charge on any atom is 0.256 e. The molecule has 0 saturated heterocycles. The fourth-order valence-corrected chi connectivity index (χ4v) is 2.31.